The van der Waals surface area contributed by atoms with E-state index in [2.05, 4.69) is 10.4 Å². The maximum absolute atomic E-state index is 12.8. The normalized spacial score (nSPS) is 13.1. The molecule has 0 unspecified atom stereocenters. The number of rotatable bonds is 6. The van der Waals surface area contributed by atoms with Gasteiger partial charge in [0, 0.05) is 22.9 Å². The Bertz CT molecular complexity index is 1470. The Morgan fingerprint density at radius 2 is 1.79 bits per heavy atom. The minimum Gasteiger partial charge on any atom is -0.492 e. The van der Waals surface area contributed by atoms with E-state index in [-0.39, 0.29) is 5.88 Å². The number of benzene rings is 3. The molecule has 2 heterocycles. The van der Waals surface area contributed by atoms with Crippen LogP contribution in [0.5, 0.6) is 11.6 Å². The molecule has 2 N–H and O–H groups in total. The molecule has 0 atom stereocenters. The van der Waals surface area contributed by atoms with Crippen LogP contribution in [0.4, 0.5) is 5.69 Å². The van der Waals surface area contributed by atoms with Crippen molar-refractivity contribution in [3.05, 3.63) is 104 Å². The first-order valence-corrected chi connectivity index (χ1v) is 11.7. The monoisotopic (exact) mass is 485 g/mol. The van der Waals surface area contributed by atoms with Crippen molar-refractivity contribution < 1.29 is 14.6 Å². The summed E-state index contributed by atoms with van der Waals surface area (Å²) in [5.41, 5.74) is 6.86. The Labute approximate surface area is 205 Å². The lowest BCUT2D eigenvalue weighted by Gasteiger charge is -2.09. The zero-order chi connectivity index (χ0) is 23.5. The number of fused-ring (bicyclic) bond motifs is 1. The van der Waals surface area contributed by atoms with Gasteiger partial charge < -0.3 is 9.84 Å². The molecule has 0 radical (unpaired) electrons. The van der Waals surface area contributed by atoms with Gasteiger partial charge in [-0.3, -0.25) is 15.2 Å². The Hall–Kier alpha value is -4.01. The number of para-hydroxylation sites is 1. The summed E-state index contributed by atoms with van der Waals surface area (Å²) in [4.78, 5) is 17.7. The van der Waals surface area contributed by atoms with E-state index in [9.17, 15) is 9.90 Å². The van der Waals surface area contributed by atoms with E-state index in [1.54, 1.807) is 30.5 Å². The Kier molecular flexibility index (Phi) is 6.07. The highest BCUT2D eigenvalue weighted by molar-refractivity contribution is 7.73. The van der Waals surface area contributed by atoms with Crippen LogP contribution in [0.3, 0.4) is 0 Å². The lowest BCUT2D eigenvalue weighted by Crippen LogP contribution is -2.22. The number of ether oxygens (including phenoxy) is 1. The molecule has 5 rings (SSSR count). The first-order chi connectivity index (χ1) is 16.6. The minimum atomic E-state index is -0.397. The van der Waals surface area contributed by atoms with Crippen LogP contribution in [-0.2, 0) is 6.61 Å². The summed E-state index contributed by atoms with van der Waals surface area (Å²) in [5.74, 6) is 0.130. The van der Waals surface area contributed by atoms with Gasteiger partial charge in [0.25, 0.3) is 5.91 Å². The summed E-state index contributed by atoms with van der Waals surface area (Å²) < 4.78 is 7.30. The van der Waals surface area contributed by atoms with Crippen molar-refractivity contribution in [1.29, 1.82) is 0 Å². The molecular formula is C26H19N3O3S2. The molecule has 8 heteroatoms. The molecule has 0 saturated heterocycles. The summed E-state index contributed by atoms with van der Waals surface area (Å²) in [7, 11) is 0. The number of hydrogen-bond acceptors (Lipinski definition) is 6. The van der Waals surface area contributed by atoms with E-state index in [0.717, 1.165) is 22.4 Å². The molecule has 0 saturated carbocycles. The van der Waals surface area contributed by atoms with Gasteiger partial charge in [-0.2, -0.15) is 4.68 Å². The van der Waals surface area contributed by atoms with E-state index in [1.807, 2.05) is 60.7 Å². The number of hydrogen-bond donors (Lipinski definition) is 2. The lowest BCUT2D eigenvalue weighted by molar-refractivity contribution is 0.101. The van der Waals surface area contributed by atoms with Crippen LogP contribution in [0.15, 0.2) is 83.9 Å². The molecule has 1 aliphatic rings. The maximum Gasteiger partial charge on any atom is 0.270 e. The molecular weight excluding hydrogens is 466 g/mol. The van der Waals surface area contributed by atoms with E-state index in [0.29, 0.717) is 26.8 Å². The zero-order valence-electron chi connectivity index (χ0n) is 17.8. The summed E-state index contributed by atoms with van der Waals surface area (Å²) in [6, 6.07) is 24.4. The van der Waals surface area contributed by atoms with Crippen molar-refractivity contribution in [1.82, 2.24) is 4.68 Å². The number of carbonyl (C=O) groups is 1. The first-order valence-electron chi connectivity index (χ1n) is 10.5. The van der Waals surface area contributed by atoms with Crippen molar-refractivity contribution >= 4 is 53.0 Å². The number of thiazole rings is 1. The second-order valence-electron chi connectivity index (χ2n) is 7.51. The highest BCUT2D eigenvalue weighted by Gasteiger charge is 2.17. The number of nitrogens with zero attached hydrogens (tertiary/aromatic N) is 2. The van der Waals surface area contributed by atoms with Crippen LogP contribution in [-0.4, -0.2) is 21.9 Å². The van der Waals surface area contributed by atoms with Crippen molar-refractivity contribution in [3.63, 3.8) is 0 Å². The van der Waals surface area contributed by atoms with Crippen molar-refractivity contribution in [2.45, 2.75) is 6.61 Å². The fourth-order valence-electron chi connectivity index (χ4n) is 3.48. The molecule has 1 aromatic heterocycles. The van der Waals surface area contributed by atoms with E-state index in [4.69, 9.17) is 17.0 Å². The quantitative estimate of drug-likeness (QED) is 0.319. The van der Waals surface area contributed by atoms with Crippen LogP contribution in [0.2, 0.25) is 0 Å². The summed E-state index contributed by atoms with van der Waals surface area (Å²) >= 11 is 6.57. The van der Waals surface area contributed by atoms with Crippen LogP contribution in [0.1, 0.15) is 26.4 Å². The molecule has 0 fully saturated rings. The summed E-state index contributed by atoms with van der Waals surface area (Å²) in [6.07, 6.45) is 3.56. The van der Waals surface area contributed by atoms with E-state index < -0.39 is 5.91 Å². The Balaban J connectivity index is 1.29. The molecule has 1 aliphatic heterocycles. The maximum atomic E-state index is 12.8. The topological polar surface area (TPSA) is 75.9 Å². The largest absolute Gasteiger partial charge is 0.492 e. The van der Waals surface area contributed by atoms with Crippen LogP contribution in [0.25, 0.3) is 11.6 Å². The highest BCUT2D eigenvalue weighted by atomic mass is 32.1. The summed E-state index contributed by atoms with van der Waals surface area (Å²) in [5, 5.41) is 10.7. The van der Waals surface area contributed by atoms with Gasteiger partial charge in [0.15, 0.2) is 3.95 Å². The molecule has 168 valence electrons. The third-order valence-corrected chi connectivity index (χ3v) is 6.54. The molecule has 6 nitrogen and oxygen atoms in total. The van der Waals surface area contributed by atoms with Gasteiger partial charge in [0.1, 0.15) is 12.4 Å². The number of aromatic nitrogens is 1. The third kappa shape index (κ3) is 4.54. The van der Waals surface area contributed by atoms with Gasteiger partial charge >= 0.3 is 0 Å². The van der Waals surface area contributed by atoms with Gasteiger partial charge in [0.05, 0.1) is 10.6 Å². The zero-order valence-corrected chi connectivity index (χ0v) is 19.5. The number of nitrogens with one attached hydrogen (secondary N) is 1. The van der Waals surface area contributed by atoms with Crippen molar-refractivity contribution in [2.24, 2.45) is 4.99 Å². The number of aromatic hydroxyl groups is 1. The van der Waals surface area contributed by atoms with Gasteiger partial charge in [-0.1, -0.05) is 59.9 Å². The standard InChI is InChI=1S/C26H19N3O3S2/c30-24(18-10-12-20(13-11-18)32-16-17-6-2-1-3-7-17)28-29-25(31)23(34-26(29)33)14-19-15-27-22-9-5-4-8-21(19)22/h1-15,31H,16H2,(H,28,30)/b19-14+. The second-order valence-corrected chi connectivity index (χ2v) is 9.18. The average molecular weight is 486 g/mol. The molecule has 0 spiro atoms. The fraction of sp³-hybridized carbons (Fsp3) is 0.0385. The van der Waals surface area contributed by atoms with Crippen LogP contribution >= 0.6 is 23.6 Å². The van der Waals surface area contributed by atoms with Gasteiger partial charge in [-0.15, -0.1) is 0 Å². The van der Waals surface area contributed by atoms with E-state index in [1.165, 1.54) is 16.0 Å². The molecule has 0 bridgehead atoms. The molecule has 0 aliphatic carbocycles. The van der Waals surface area contributed by atoms with E-state index >= 15 is 0 Å². The minimum absolute atomic E-state index is 0.128. The van der Waals surface area contributed by atoms with Crippen molar-refractivity contribution in [2.75, 3.05) is 5.43 Å². The lowest BCUT2D eigenvalue weighted by atomic mass is 10.1. The number of aliphatic imine (C=N–C) groups is 1. The smallest absolute Gasteiger partial charge is 0.270 e. The van der Waals surface area contributed by atoms with Gasteiger partial charge in [-0.25, -0.2) is 0 Å². The predicted molar refractivity (Wildman–Crippen MR) is 138 cm³/mol. The van der Waals surface area contributed by atoms with Gasteiger partial charge in [-0.05, 0) is 54.2 Å². The number of allylic oxidation sites excluding steroid dienone is 1. The van der Waals surface area contributed by atoms with Crippen molar-refractivity contribution in [3.8, 4) is 11.6 Å². The first kappa shape index (κ1) is 21.8. The third-order valence-electron chi connectivity index (χ3n) is 5.23. The molecule has 1 amide bonds. The fourth-order valence-corrected chi connectivity index (χ4v) is 4.66. The Morgan fingerprint density at radius 1 is 1.06 bits per heavy atom. The van der Waals surface area contributed by atoms with Gasteiger partial charge in [0.2, 0.25) is 5.88 Å². The SMILES string of the molecule is O=C(Nn1c(O)c(/C=C2\C=Nc3ccccc32)sc1=S)c1ccc(OCc2ccccc2)cc1. The van der Waals surface area contributed by atoms with Crippen LogP contribution < -0.4 is 10.2 Å². The highest BCUT2D eigenvalue weighted by Crippen LogP contribution is 2.35. The average Bonchev–Trinajstić information content (AvgIpc) is 3.39. The molecule has 3 aromatic carbocycles. The Morgan fingerprint density at radius 3 is 2.59 bits per heavy atom. The van der Waals surface area contributed by atoms with Crippen LogP contribution in [0, 0.1) is 3.95 Å². The number of amides is 1. The molecule has 4 aromatic rings. The second kappa shape index (κ2) is 9.46. The predicted octanol–water partition coefficient (Wildman–Crippen LogP) is 6.20. The number of carbonyl (C=O) groups excluding carboxylic acids is 1. The summed E-state index contributed by atoms with van der Waals surface area (Å²) in [6.45, 7) is 0.442. The molecule has 34 heavy (non-hydrogen) atoms.